The molecular formula is C15H18ClN3. The van der Waals surface area contributed by atoms with Crippen molar-refractivity contribution >= 4 is 23.1 Å². The third-order valence-electron chi connectivity index (χ3n) is 3.04. The van der Waals surface area contributed by atoms with Gasteiger partial charge in [-0.15, -0.1) is 0 Å². The molecule has 0 saturated heterocycles. The van der Waals surface area contributed by atoms with Gasteiger partial charge >= 0.3 is 0 Å². The van der Waals surface area contributed by atoms with Crippen LogP contribution in [0.15, 0.2) is 30.3 Å². The Morgan fingerprint density at radius 1 is 1.16 bits per heavy atom. The van der Waals surface area contributed by atoms with E-state index in [-0.39, 0.29) is 0 Å². The molecule has 1 aromatic heterocycles. The number of anilines is 2. The van der Waals surface area contributed by atoms with Crippen LogP contribution in [-0.2, 0) is 6.42 Å². The highest BCUT2D eigenvalue weighted by atomic mass is 35.5. The molecule has 0 saturated carbocycles. The predicted molar refractivity (Wildman–Crippen MR) is 80.3 cm³/mol. The summed E-state index contributed by atoms with van der Waals surface area (Å²) in [5.41, 5.74) is 2.00. The van der Waals surface area contributed by atoms with E-state index in [9.17, 15) is 0 Å². The van der Waals surface area contributed by atoms with Crippen LogP contribution in [0.3, 0.4) is 0 Å². The molecule has 3 nitrogen and oxygen atoms in total. The molecule has 0 fully saturated rings. The Balaban J connectivity index is 2.43. The molecule has 0 amide bonds. The van der Waals surface area contributed by atoms with E-state index in [4.69, 9.17) is 11.6 Å². The fourth-order valence-electron chi connectivity index (χ4n) is 1.96. The Kier molecular flexibility index (Phi) is 4.38. The summed E-state index contributed by atoms with van der Waals surface area (Å²) in [5.74, 6) is 1.67. The van der Waals surface area contributed by atoms with Crippen molar-refractivity contribution in [2.75, 3.05) is 11.9 Å². The summed E-state index contributed by atoms with van der Waals surface area (Å²) in [4.78, 5) is 11.0. The zero-order chi connectivity index (χ0) is 13.8. The van der Waals surface area contributed by atoms with Gasteiger partial charge in [-0.1, -0.05) is 36.7 Å². The summed E-state index contributed by atoms with van der Waals surface area (Å²) in [6.45, 7) is 4.06. The quantitative estimate of drug-likeness (QED) is 0.785. The van der Waals surface area contributed by atoms with Gasteiger partial charge in [-0.25, -0.2) is 9.97 Å². The normalized spacial score (nSPS) is 10.5. The van der Waals surface area contributed by atoms with Crippen LogP contribution >= 0.6 is 11.6 Å². The van der Waals surface area contributed by atoms with Gasteiger partial charge in [0.25, 0.3) is 0 Å². The molecule has 0 aliphatic rings. The second kappa shape index (κ2) is 6.02. The number of para-hydroxylation sites is 1. The van der Waals surface area contributed by atoms with Crippen molar-refractivity contribution in [2.24, 2.45) is 0 Å². The minimum absolute atomic E-state index is 0.538. The topological polar surface area (TPSA) is 29.0 Å². The maximum atomic E-state index is 6.21. The second-order valence-electron chi connectivity index (χ2n) is 4.52. The third-order valence-corrected chi connectivity index (χ3v) is 3.41. The van der Waals surface area contributed by atoms with Crippen LogP contribution < -0.4 is 4.90 Å². The van der Waals surface area contributed by atoms with E-state index in [1.54, 1.807) is 0 Å². The van der Waals surface area contributed by atoms with Crippen molar-refractivity contribution in [3.05, 3.63) is 46.9 Å². The third kappa shape index (κ3) is 3.04. The SMILES string of the molecule is CCCc1nc(Cl)c(C)c(N(C)c2ccccc2)n1. The van der Waals surface area contributed by atoms with Gasteiger partial charge in [0.15, 0.2) is 0 Å². The first-order valence-electron chi connectivity index (χ1n) is 6.45. The van der Waals surface area contributed by atoms with E-state index >= 15 is 0 Å². The lowest BCUT2D eigenvalue weighted by Crippen LogP contribution is -2.15. The summed E-state index contributed by atoms with van der Waals surface area (Å²) < 4.78 is 0. The Hall–Kier alpha value is -1.61. The lowest BCUT2D eigenvalue weighted by molar-refractivity contribution is 0.826. The molecule has 2 rings (SSSR count). The van der Waals surface area contributed by atoms with Crippen molar-refractivity contribution in [3.63, 3.8) is 0 Å². The number of rotatable bonds is 4. The molecule has 0 unspecified atom stereocenters. The summed E-state index contributed by atoms with van der Waals surface area (Å²) in [6, 6.07) is 10.1. The van der Waals surface area contributed by atoms with Gasteiger partial charge in [0.1, 0.15) is 16.8 Å². The molecule has 4 heteroatoms. The maximum Gasteiger partial charge on any atom is 0.140 e. The number of benzene rings is 1. The zero-order valence-electron chi connectivity index (χ0n) is 11.5. The highest BCUT2D eigenvalue weighted by Crippen LogP contribution is 2.28. The largest absolute Gasteiger partial charge is 0.329 e. The van der Waals surface area contributed by atoms with Crippen molar-refractivity contribution in [3.8, 4) is 0 Å². The molecule has 1 heterocycles. The number of aryl methyl sites for hydroxylation is 1. The lowest BCUT2D eigenvalue weighted by atomic mass is 10.2. The molecule has 1 aromatic carbocycles. The van der Waals surface area contributed by atoms with E-state index in [0.717, 1.165) is 35.7 Å². The number of aromatic nitrogens is 2. The smallest absolute Gasteiger partial charge is 0.140 e. The summed E-state index contributed by atoms with van der Waals surface area (Å²) >= 11 is 6.21. The first-order valence-corrected chi connectivity index (χ1v) is 6.83. The first kappa shape index (κ1) is 13.8. The fraction of sp³-hybridized carbons (Fsp3) is 0.333. The predicted octanol–water partition coefficient (Wildman–Crippen LogP) is 4.16. The number of halogens is 1. The van der Waals surface area contributed by atoms with Gasteiger partial charge in [0, 0.05) is 24.7 Å². The number of nitrogens with zero attached hydrogens (tertiary/aromatic N) is 3. The van der Waals surface area contributed by atoms with Crippen LogP contribution in [0.25, 0.3) is 0 Å². The van der Waals surface area contributed by atoms with E-state index in [2.05, 4.69) is 29.0 Å². The molecule has 0 radical (unpaired) electrons. The van der Waals surface area contributed by atoms with Crippen molar-refractivity contribution in [2.45, 2.75) is 26.7 Å². The standard InChI is InChI=1S/C15H18ClN3/c1-4-8-13-17-14(16)11(2)15(18-13)19(3)12-9-6-5-7-10-12/h5-7,9-10H,4,8H2,1-3H3. The molecule has 0 aliphatic heterocycles. The van der Waals surface area contributed by atoms with Crippen LogP contribution in [0, 0.1) is 6.92 Å². The highest BCUT2D eigenvalue weighted by Gasteiger charge is 2.13. The fourth-order valence-corrected chi connectivity index (χ4v) is 2.14. The van der Waals surface area contributed by atoms with Crippen LogP contribution in [0.5, 0.6) is 0 Å². The van der Waals surface area contributed by atoms with Crippen LogP contribution in [0.2, 0.25) is 5.15 Å². The van der Waals surface area contributed by atoms with Crippen molar-refractivity contribution in [1.82, 2.24) is 9.97 Å². The van der Waals surface area contributed by atoms with Crippen LogP contribution in [-0.4, -0.2) is 17.0 Å². The summed E-state index contributed by atoms with van der Waals surface area (Å²) in [5, 5.41) is 0.538. The van der Waals surface area contributed by atoms with Crippen molar-refractivity contribution < 1.29 is 0 Å². The molecule has 100 valence electrons. The van der Waals surface area contributed by atoms with Gasteiger partial charge < -0.3 is 4.90 Å². The Labute approximate surface area is 119 Å². The van der Waals surface area contributed by atoms with E-state index in [1.807, 2.05) is 37.1 Å². The first-order chi connectivity index (χ1) is 9.13. The minimum atomic E-state index is 0.538. The number of hydrogen-bond acceptors (Lipinski definition) is 3. The molecular weight excluding hydrogens is 258 g/mol. The lowest BCUT2D eigenvalue weighted by Gasteiger charge is -2.21. The average molecular weight is 276 g/mol. The van der Waals surface area contributed by atoms with Crippen LogP contribution in [0.4, 0.5) is 11.5 Å². The zero-order valence-corrected chi connectivity index (χ0v) is 12.3. The molecule has 0 spiro atoms. The Morgan fingerprint density at radius 2 is 1.84 bits per heavy atom. The van der Waals surface area contributed by atoms with Gasteiger partial charge in [0.2, 0.25) is 0 Å². The average Bonchev–Trinajstić information content (AvgIpc) is 2.43. The van der Waals surface area contributed by atoms with E-state index < -0.39 is 0 Å². The molecule has 0 bridgehead atoms. The van der Waals surface area contributed by atoms with E-state index in [1.165, 1.54) is 0 Å². The summed E-state index contributed by atoms with van der Waals surface area (Å²) in [6.07, 6.45) is 1.85. The monoisotopic (exact) mass is 275 g/mol. The molecule has 19 heavy (non-hydrogen) atoms. The van der Waals surface area contributed by atoms with Crippen LogP contribution in [0.1, 0.15) is 24.7 Å². The number of hydrogen-bond donors (Lipinski definition) is 0. The van der Waals surface area contributed by atoms with Crippen molar-refractivity contribution in [1.29, 1.82) is 0 Å². The highest BCUT2D eigenvalue weighted by molar-refractivity contribution is 6.30. The van der Waals surface area contributed by atoms with E-state index in [0.29, 0.717) is 5.15 Å². The molecule has 0 aliphatic carbocycles. The summed E-state index contributed by atoms with van der Waals surface area (Å²) in [7, 11) is 2.00. The maximum absolute atomic E-state index is 6.21. The Morgan fingerprint density at radius 3 is 2.47 bits per heavy atom. The molecule has 2 aromatic rings. The molecule has 0 N–H and O–H groups in total. The van der Waals surface area contributed by atoms with Gasteiger partial charge in [-0.05, 0) is 25.5 Å². The Bertz CT molecular complexity index is 555. The van der Waals surface area contributed by atoms with Gasteiger partial charge in [-0.2, -0.15) is 0 Å². The minimum Gasteiger partial charge on any atom is -0.329 e. The molecule has 0 atom stereocenters. The second-order valence-corrected chi connectivity index (χ2v) is 4.88. The van der Waals surface area contributed by atoms with Gasteiger partial charge in [0.05, 0.1) is 0 Å². The van der Waals surface area contributed by atoms with Gasteiger partial charge in [-0.3, -0.25) is 0 Å².